The van der Waals surface area contributed by atoms with Gasteiger partial charge in [0, 0.05) is 44.2 Å². The molecule has 1 aromatic rings. The van der Waals surface area contributed by atoms with Crippen LogP contribution < -0.4 is 5.32 Å². The number of hydrogen-bond donors (Lipinski definition) is 2. The predicted octanol–water partition coefficient (Wildman–Crippen LogP) is 1.74. The molecule has 1 saturated heterocycles. The molecule has 0 aromatic heterocycles. The van der Waals surface area contributed by atoms with Crippen molar-refractivity contribution in [3.05, 3.63) is 28.3 Å². The van der Waals surface area contributed by atoms with Gasteiger partial charge in [-0.15, -0.1) is 0 Å². The van der Waals surface area contributed by atoms with Crippen LogP contribution in [0.2, 0.25) is 0 Å². The summed E-state index contributed by atoms with van der Waals surface area (Å²) in [6, 6.07) is 4.01. The van der Waals surface area contributed by atoms with Crippen LogP contribution in [0, 0.1) is 21.4 Å². The van der Waals surface area contributed by atoms with Crippen molar-refractivity contribution in [2.45, 2.75) is 37.7 Å². The molecule has 1 aliphatic carbocycles. The summed E-state index contributed by atoms with van der Waals surface area (Å²) in [5.74, 6) is 0.102. The number of likely N-dealkylation sites (N-methyl/N-ethyl adjacent to an activating group) is 1. The molecule has 162 valence electrons. The third kappa shape index (κ3) is 4.55. The first-order valence-electron chi connectivity index (χ1n) is 9.96. The summed E-state index contributed by atoms with van der Waals surface area (Å²) < 4.78 is 27.2. The number of nitrogens with zero attached hydrogens (tertiary/aromatic N) is 3. The monoisotopic (exact) mass is 426 g/mol. The highest BCUT2D eigenvalue weighted by Gasteiger charge is 2.49. The zero-order valence-electron chi connectivity index (χ0n) is 17.2. The summed E-state index contributed by atoms with van der Waals surface area (Å²) in [7, 11) is -1.85. The van der Waals surface area contributed by atoms with Gasteiger partial charge in [0.2, 0.25) is 10.0 Å². The molecule has 0 amide bonds. The van der Waals surface area contributed by atoms with Crippen LogP contribution in [0.15, 0.2) is 23.1 Å². The number of nitro benzene ring substituents is 1. The summed E-state index contributed by atoms with van der Waals surface area (Å²) in [6.07, 6.45) is 1.25. The fraction of sp³-hybridized carbons (Fsp3) is 0.684. The minimum Gasteiger partial charge on any atom is -0.392 e. The smallest absolute Gasteiger partial charge is 0.293 e. The third-order valence-electron chi connectivity index (χ3n) is 6.05. The number of piperazine rings is 1. The predicted molar refractivity (Wildman–Crippen MR) is 110 cm³/mol. The molecule has 2 aliphatic rings. The van der Waals surface area contributed by atoms with Gasteiger partial charge >= 0.3 is 0 Å². The van der Waals surface area contributed by atoms with E-state index in [1.54, 1.807) is 0 Å². The summed E-state index contributed by atoms with van der Waals surface area (Å²) in [4.78, 5) is 13.0. The first-order chi connectivity index (χ1) is 13.6. The molecule has 1 atom stereocenters. The number of aliphatic hydroxyl groups is 1. The van der Waals surface area contributed by atoms with Crippen LogP contribution in [0.5, 0.6) is 0 Å². The molecule has 1 saturated carbocycles. The Hall–Kier alpha value is -1.75. The van der Waals surface area contributed by atoms with Gasteiger partial charge in [-0.1, -0.05) is 13.8 Å². The Morgan fingerprint density at radius 1 is 1.24 bits per heavy atom. The minimum atomic E-state index is -3.78. The fourth-order valence-electron chi connectivity index (χ4n) is 3.87. The van der Waals surface area contributed by atoms with E-state index in [1.165, 1.54) is 16.4 Å². The van der Waals surface area contributed by atoms with E-state index < -0.39 is 21.1 Å². The van der Waals surface area contributed by atoms with E-state index in [2.05, 4.69) is 5.32 Å². The van der Waals surface area contributed by atoms with Crippen molar-refractivity contribution in [3.63, 3.8) is 0 Å². The van der Waals surface area contributed by atoms with Gasteiger partial charge in [-0.3, -0.25) is 10.1 Å². The molecule has 3 rings (SSSR count). The number of hydrogen-bond acceptors (Lipinski definition) is 7. The number of aliphatic hydroxyl groups excluding tert-OH is 1. The van der Waals surface area contributed by atoms with Crippen LogP contribution in [0.4, 0.5) is 11.4 Å². The van der Waals surface area contributed by atoms with Crippen molar-refractivity contribution in [2.75, 3.05) is 45.1 Å². The van der Waals surface area contributed by atoms with Gasteiger partial charge in [0.25, 0.3) is 5.69 Å². The number of nitro groups is 1. The van der Waals surface area contributed by atoms with Crippen molar-refractivity contribution in [3.8, 4) is 0 Å². The molecule has 10 heteroatoms. The molecule has 29 heavy (non-hydrogen) atoms. The molecule has 1 aromatic carbocycles. The Bertz CT molecular complexity index is 861. The molecule has 2 fully saturated rings. The van der Waals surface area contributed by atoms with Gasteiger partial charge in [-0.2, -0.15) is 4.31 Å². The Morgan fingerprint density at radius 3 is 2.38 bits per heavy atom. The maximum atomic E-state index is 12.9. The summed E-state index contributed by atoms with van der Waals surface area (Å²) >= 11 is 0. The lowest BCUT2D eigenvalue weighted by molar-refractivity contribution is -0.384. The van der Waals surface area contributed by atoms with Gasteiger partial charge < -0.3 is 15.3 Å². The highest BCUT2D eigenvalue weighted by Crippen LogP contribution is 2.51. The second-order valence-electron chi connectivity index (χ2n) is 8.55. The summed E-state index contributed by atoms with van der Waals surface area (Å²) in [5.41, 5.74) is -0.267. The average Bonchev–Trinajstić information content (AvgIpc) is 3.47. The normalized spacial score (nSPS) is 21.1. The van der Waals surface area contributed by atoms with Crippen molar-refractivity contribution in [1.29, 1.82) is 0 Å². The van der Waals surface area contributed by atoms with E-state index in [-0.39, 0.29) is 27.6 Å². The van der Waals surface area contributed by atoms with Crippen LogP contribution in [0.1, 0.15) is 26.7 Å². The maximum Gasteiger partial charge on any atom is 0.293 e. The molecule has 0 radical (unpaired) electrons. The van der Waals surface area contributed by atoms with Gasteiger partial charge in [-0.05, 0) is 37.9 Å². The first-order valence-corrected chi connectivity index (χ1v) is 11.4. The maximum absolute atomic E-state index is 12.9. The summed E-state index contributed by atoms with van der Waals surface area (Å²) in [5, 5.41) is 25.1. The van der Waals surface area contributed by atoms with Crippen molar-refractivity contribution >= 4 is 21.4 Å². The van der Waals surface area contributed by atoms with Crippen LogP contribution >= 0.6 is 0 Å². The second-order valence-corrected chi connectivity index (χ2v) is 10.5. The first kappa shape index (κ1) is 21.9. The van der Waals surface area contributed by atoms with Gasteiger partial charge in [0.15, 0.2) is 0 Å². The lowest BCUT2D eigenvalue weighted by atomic mass is 9.90. The number of anilines is 1. The Morgan fingerprint density at radius 2 is 1.86 bits per heavy atom. The second kappa shape index (κ2) is 8.17. The van der Waals surface area contributed by atoms with Crippen molar-refractivity contribution in [2.24, 2.45) is 11.3 Å². The van der Waals surface area contributed by atoms with Gasteiger partial charge in [0.05, 0.1) is 15.9 Å². The number of rotatable bonds is 8. The van der Waals surface area contributed by atoms with Crippen LogP contribution in [0.3, 0.4) is 0 Å². The number of sulfonamides is 1. The van der Waals surface area contributed by atoms with Crippen LogP contribution in [0.25, 0.3) is 0 Å². The highest BCUT2D eigenvalue weighted by molar-refractivity contribution is 7.89. The Labute approximate surface area is 171 Å². The van der Waals surface area contributed by atoms with E-state index >= 15 is 0 Å². The van der Waals surface area contributed by atoms with Gasteiger partial charge in [0.1, 0.15) is 5.69 Å². The molecule has 1 heterocycles. The van der Waals surface area contributed by atoms with Crippen molar-refractivity contribution in [1.82, 2.24) is 9.21 Å². The van der Waals surface area contributed by atoms with Gasteiger partial charge in [-0.25, -0.2) is 8.42 Å². The number of benzene rings is 1. The van der Waals surface area contributed by atoms with Crippen molar-refractivity contribution < 1.29 is 18.4 Å². The summed E-state index contributed by atoms with van der Waals surface area (Å²) in [6.45, 7) is 6.29. The van der Waals surface area contributed by atoms with E-state index in [0.29, 0.717) is 32.7 Å². The zero-order valence-corrected chi connectivity index (χ0v) is 18.0. The van der Waals surface area contributed by atoms with E-state index in [9.17, 15) is 23.6 Å². The molecule has 9 nitrogen and oxygen atoms in total. The Kier molecular flexibility index (Phi) is 6.19. The molecule has 1 aliphatic heterocycles. The SMILES string of the molecule is CC(C)[C@@H](O)C1(CNc2ccc(S(=O)(=O)N3CCN(C)CC3)cc2[N+](=O)[O-])CC1. The fourth-order valence-corrected chi connectivity index (χ4v) is 5.31. The lowest BCUT2D eigenvalue weighted by Crippen LogP contribution is -2.47. The van der Waals surface area contributed by atoms with Crippen LogP contribution in [-0.2, 0) is 10.0 Å². The molecular weight excluding hydrogens is 396 g/mol. The molecule has 0 unspecified atom stereocenters. The molecule has 0 bridgehead atoms. The Balaban J connectivity index is 1.80. The topological polar surface area (TPSA) is 116 Å². The van der Waals surface area contributed by atoms with E-state index in [4.69, 9.17) is 0 Å². The quantitative estimate of drug-likeness (QED) is 0.480. The van der Waals surface area contributed by atoms with E-state index in [0.717, 1.165) is 18.9 Å². The minimum absolute atomic E-state index is 0.0670. The lowest BCUT2D eigenvalue weighted by Gasteiger charge is -2.31. The molecule has 2 N–H and O–H groups in total. The van der Waals surface area contributed by atoms with Crippen LogP contribution in [-0.4, -0.2) is 73.5 Å². The largest absolute Gasteiger partial charge is 0.392 e. The highest BCUT2D eigenvalue weighted by atomic mass is 32.2. The average molecular weight is 427 g/mol. The molecular formula is C19H30N4O5S. The third-order valence-corrected chi connectivity index (χ3v) is 7.94. The zero-order chi connectivity index (χ0) is 21.4. The number of nitrogens with one attached hydrogen (secondary N) is 1. The molecule has 0 spiro atoms. The standard InChI is InChI=1S/C19H30N4O5S/c1-14(2)18(24)19(6-7-19)13-20-16-5-4-15(12-17(16)23(25)26)29(27,28)22-10-8-21(3)9-11-22/h4-5,12,14,18,20,24H,6-11,13H2,1-3H3/t18-/m1/s1. The van der Waals surface area contributed by atoms with E-state index in [1.807, 2.05) is 25.8 Å².